The molecule has 2 amide bonds. The summed E-state index contributed by atoms with van der Waals surface area (Å²) < 4.78 is 64.8. The molecule has 0 aromatic carbocycles. The highest BCUT2D eigenvalue weighted by Crippen LogP contribution is 2.20. The zero-order valence-corrected chi connectivity index (χ0v) is 31.1. The molecule has 18 nitrogen and oxygen atoms in total. The van der Waals surface area contributed by atoms with Crippen molar-refractivity contribution in [1.29, 1.82) is 0 Å². The highest BCUT2D eigenvalue weighted by Gasteiger charge is 2.46. The molecule has 0 spiro atoms. The number of hydrogen-bond donors (Lipinski definition) is 2. The molecule has 0 aromatic heterocycles. The van der Waals surface area contributed by atoms with Crippen LogP contribution < -0.4 is 5.32 Å². The van der Waals surface area contributed by atoms with E-state index in [1.54, 1.807) is 7.11 Å². The second kappa shape index (κ2) is 34.6. The van der Waals surface area contributed by atoms with Gasteiger partial charge in [-0.15, -0.1) is 0 Å². The molecule has 0 saturated carbocycles. The van der Waals surface area contributed by atoms with Crippen molar-refractivity contribution in [3.8, 4) is 0 Å². The number of imide groups is 1. The van der Waals surface area contributed by atoms with Crippen LogP contribution in [0.2, 0.25) is 0 Å². The fourth-order valence-electron chi connectivity index (χ4n) is 4.21. The van der Waals surface area contributed by atoms with Crippen molar-refractivity contribution in [1.82, 2.24) is 10.2 Å². The van der Waals surface area contributed by atoms with E-state index >= 15 is 0 Å². The van der Waals surface area contributed by atoms with Gasteiger partial charge in [-0.3, -0.25) is 14.5 Å². The van der Waals surface area contributed by atoms with Crippen molar-refractivity contribution >= 4 is 17.8 Å². The van der Waals surface area contributed by atoms with Crippen molar-refractivity contribution in [2.75, 3.05) is 172 Å². The SMILES string of the molecule is COCCOCCOCCOCCOCCOCCOCCOCCOCCOCCOCCOCCCNCC(C)(C(=O)O)N1C(=O)C=CC1=O. The van der Waals surface area contributed by atoms with Crippen LogP contribution in [0.4, 0.5) is 0 Å². The topological polar surface area (TPSA) is 197 Å². The smallest absolute Gasteiger partial charge is 0.331 e. The maximum Gasteiger partial charge on any atom is 0.331 e. The number of carbonyl (C=O) groups excluding carboxylic acids is 2. The molecule has 0 aromatic rings. The summed E-state index contributed by atoms with van der Waals surface area (Å²) in [6, 6.07) is 0. The van der Waals surface area contributed by atoms with Crippen molar-refractivity contribution in [3.05, 3.63) is 12.2 Å². The molecule has 0 radical (unpaired) electrons. The first-order valence-electron chi connectivity index (χ1n) is 17.8. The Morgan fingerprint density at radius 1 is 0.538 bits per heavy atom. The van der Waals surface area contributed by atoms with E-state index in [0.29, 0.717) is 165 Å². The number of amides is 2. The van der Waals surface area contributed by atoms with Crippen LogP contribution in [0.25, 0.3) is 0 Å². The predicted molar refractivity (Wildman–Crippen MR) is 185 cm³/mol. The first-order chi connectivity index (χ1) is 25.4. The van der Waals surface area contributed by atoms with Crippen LogP contribution in [-0.4, -0.2) is 205 Å². The number of nitrogens with one attached hydrogen (secondary N) is 1. The zero-order valence-electron chi connectivity index (χ0n) is 31.1. The van der Waals surface area contributed by atoms with Crippen molar-refractivity contribution < 1.29 is 76.3 Å². The molecule has 1 heterocycles. The summed E-state index contributed by atoms with van der Waals surface area (Å²) in [5.74, 6) is -2.53. The van der Waals surface area contributed by atoms with Crippen LogP contribution in [0.15, 0.2) is 12.2 Å². The van der Waals surface area contributed by atoms with E-state index in [-0.39, 0.29) is 6.54 Å². The fraction of sp³-hybridized carbons (Fsp3) is 0.853. The Balaban J connectivity index is 1.70. The Morgan fingerprint density at radius 3 is 1.08 bits per heavy atom. The van der Waals surface area contributed by atoms with Crippen LogP contribution in [0, 0.1) is 0 Å². The van der Waals surface area contributed by atoms with E-state index in [1.165, 1.54) is 6.92 Å². The Morgan fingerprint density at radius 2 is 0.808 bits per heavy atom. The van der Waals surface area contributed by atoms with Gasteiger partial charge in [-0.05, 0) is 19.9 Å². The number of carboxylic acids is 1. The lowest BCUT2D eigenvalue weighted by Crippen LogP contribution is -2.60. The van der Waals surface area contributed by atoms with Gasteiger partial charge >= 0.3 is 5.97 Å². The van der Waals surface area contributed by atoms with Gasteiger partial charge in [-0.1, -0.05) is 0 Å². The Labute approximate surface area is 307 Å². The normalized spacial score (nSPS) is 14.2. The minimum Gasteiger partial charge on any atom is -0.479 e. The van der Waals surface area contributed by atoms with Crippen LogP contribution in [0.3, 0.4) is 0 Å². The minimum absolute atomic E-state index is 0.0701. The summed E-state index contributed by atoms with van der Waals surface area (Å²) in [7, 11) is 1.64. The number of carboxylic acid groups (broad SMARTS) is 1. The lowest BCUT2D eigenvalue weighted by molar-refractivity contribution is -0.160. The maximum absolute atomic E-state index is 11.9. The second-order valence-corrected chi connectivity index (χ2v) is 11.2. The second-order valence-electron chi connectivity index (χ2n) is 11.2. The van der Waals surface area contributed by atoms with Crippen LogP contribution in [-0.2, 0) is 71.2 Å². The van der Waals surface area contributed by atoms with Gasteiger partial charge in [-0.25, -0.2) is 4.79 Å². The molecular weight excluding hydrogens is 692 g/mol. The number of hydrogen-bond acceptors (Lipinski definition) is 16. The number of aliphatic carboxylic acids is 1. The number of nitrogens with zero attached hydrogens (tertiary/aromatic N) is 1. The first-order valence-corrected chi connectivity index (χ1v) is 17.8. The molecule has 0 bridgehead atoms. The van der Waals surface area contributed by atoms with E-state index in [0.717, 1.165) is 17.1 Å². The van der Waals surface area contributed by atoms with Crippen molar-refractivity contribution in [3.63, 3.8) is 0 Å². The molecule has 2 N–H and O–H groups in total. The largest absolute Gasteiger partial charge is 0.479 e. The average Bonchev–Trinajstić information content (AvgIpc) is 3.48. The molecule has 0 fully saturated rings. The Bertz CT molecular complexity index is 897. The van der Waals surface area contributed by atoms with Crippen molar-refractivity contribution in [2.45, 2.75) is 18.9 Å². The number of ether oxygens (including phenoxy) is 12. The van der Waals surface area contributed by atoms with Gasteiger partial charge < -0.3 is 67.3 Å². The Kier molecular flexibility index (Phi) is 31.8. The lowest BCUT2D eigenvalue weighted by Gasteiger charge is -2.33. The molecular formula is C34H62N2O16. The lowest BCUT2D eigenvalue weighted by atomic mass is 10.00. The summed E-state index contributed by atoms with van der Waals surface area (Å²) in [6.45, 7) is 12.9. The van der Waals surface area contributed by atoms with E-state index in [9.17, 15) is 19.5 Å². The quantitative estimate of drug-likeness (QED) is 0.0602. The third-order valence-electron chi connectivity index (χ3n) is 7.03. The zero-order chi connectivity index (χ0) is 37.8. The highest BCUT2D eigenvalue weighted by molar-refractivity contribution is 6.15. The van der Waals surface area contributed by atoms with E-state index in [2.05, 4.69) is 5.32 Å². The van der Waals surface area contributed by atoms with Gasteiger partial charge in [-0.2, -0.15) is 0 Å². The van der Waals surface area contributed by atoms with E-state index in [4.69, 9.17) is 56.8 Å². The molecule has 1 atom stereocenters. The molecule has 304 valence electrons. The number of methoxy groups -OCH3 is 1. The summed E-state index contributed by atoms with van der Waals surface area (Å²) in [5, 5.41) is 12.6. The highest BCUT2D eigenvalue weighted by atomic mass is 16.6. The number of rotatable bonds is 41. The van der Waals surface area contributed by atoms with Gasteiger partial charge in [0.05, 0.1) is 145 Å². The fourth-order valence-corrected chi connectivity index (χ4v) is 4.21. The average molecular weight is 755 g/mol. The van der Waals surface area contributed by atoms with Gasteiger partial charge in [0.25, 0.3) is 11.8 Å². The summed E-state index contributed by atoms with van der Waals surface area (Å²) in [4.78, 5) is 36.3. The molecule has 1 unspecified atom stereocenters. The minimum atomic E-state index is -1.67. The van der Waals surface area contributed by atoms with Crippen LogP contribution in [0.5, 0.6) is 0 Å². The molecule has 1 aliphatic heterocycles. The molecule has 0 aliphatic carbocycles. The number of carbonyl (C=O) groups is 3. The summed E-state index contributed by atoms with van der Waals surface area (Å²) in [6.07, 6.45) is 2.76. The summed E-state index contributed by atoms with van der Waals surface area (Å²) >= 11 is 0. The maximum atomic E-state index is 11.9. The standard InChI is InChI=1S/C34H62N2O16/c1-34(33(39)40,36-31(37)4-5-32(36)38)30-35-6-3-7-42-10-11-44-14-15-46-18-19-48-22-23-50-26-27-52-29-28-51-25-24-49-21-20-47-17-16-45-13-12-43-9-8-41-2/h4-5,35H,3,6-30H2,1-2H3,(H,39,40). The monoisotopic (exact) mass is 754 g/mol. The molecule has 1 rings (SSSR count). The van der Waals surface area contributed by atoms with Gasteiger partial charge in [0.1, 0.15) is 0 Å². The van der Waals surface area contributed by atoms with Crippen LogP contribution in [0.1, 0.15) is 13.3 Å². The first kappa shape index (κ1) is 47.9. The van der Waals surface area contributed by atoms with Crippen LogP contribution >= 0.6 is 0 Å². The Hall–Kier alpha value is -2.17. The third kappa shape index (κ3) is 25.7. The summed E-state index contributed by atoms with van der Waals surface area (Å²) in [5.41, 5.74) is -1.67. The van der Waals surface area contributed by atoms with Gasteiger partial charge in [0.2, 0.25) is 0 Å². The van der Waals surface area contributed by atoms with Gasteiger partial charge in [0, 0.05) is 32.4 Å². The molecule has 52 heavy (non-hydrogen) atoms. The molecule has 0 saturated heterocycles. The molecule has 18 heteroatoms. The predicted octanol–water partition coefficient (Wildman–Crippen LogP) is -0.437. The van der Waals surface area contributed by atoms with Gasteiger partial charge in [0.15, 0.2) is 5.54 Å². The van der Waals surface area contributed by atoms with E-state index < -0.39 is 23.3 Å². The van der Waals surface area contributed by atoms with E-state index in [1.807, 2.05) is 0 Å². The van der Waals surface area contributed by atoms with Crippen molar-refractivity contribution in [2.24, 2.45) is 0 Å². The third-order valence-corrected chi connectivity index (χ3v) is 7.03. The molecule has 1 aliphatic rings.